The zero-order valence-corrected chi connectivity index (χ0v) is 11.7. The third kappa shape index (κ3) is 3.22. The van der Waals surface area contributed by atoms with E-state index in [0.29, 0.717) is 17.8 Å². The highest BCUT2D eigenvalue weighted by atomic mass is 16.5. The maximum Gasteiger partial charge on any atom is 0.142 e. The second kappa shape index (κ2) is 6.00. The Morgan fingerprint density at radius 2 is 2.42 bits per heavy atom. The van der Waals surface area contributed by atoms with Crippen molar-refractivity contribution in [2.24, 2.45) is 0 Å². The standard InChI is InChI=1S/C14H20N4O/c1-17(12-4-5-16-11(6-12)8-15)9-13-7-14(19-3)10-18(13)2/h4-6,13-14H,7,9-10H2,1-3H3/t13-,14-/m0/s1. The number of methoxy groups -OCH3 is 1. The average Bonchev–Trinajstić information content (AvgIpc) is 2.79. The summed E-state index contributed by atoms with van der Waals surface area (Å²) in [5, 5.41) is 8.88. The molecule has 0 radical (unpaired) electrons. The molecule has 1 aromatic rings. The number of anilines is 1. The molecule has 1 aliphatic rings. The van der Waals surface area contributed by atoms with Crippen LogP contribution in [0, 0.1) is 11.3 Å². The van der Waals surface area contributed by atoms with E-state index in [1.165, 1.54) is 0 Å². The van der Waals surface area contributed by atoms with Crippen molar-refractivity contribution in [1.29, 1.82) is 5.26 Å². The molecule has 5 heteroatoms. The van der Waals surface area contributed by atoms with E-state index >= 15 is 0 Å². The number of rotatable bonds is 4. The van der Waals surface area contributed by atoms with Gasteiger partial charge in [0.25, 0.3) is 0 Å². The van der Waals surface area contributed by atoms with E-state index in [9.17, 15) is 0 Å². The molecule has 1 saturated heterocycles. The molecule has 0 aliphatic carbocycles. The molecule has 2 rings (SSSR count). The Hall–Kier alpha value is -1.64. The molecular weight excluding hydrogens is 240 g/mol. The van der Waals surface area contributed by atoms with Crippen LogP contribution in [-0.2, 0) is 4.74 Å². The molecule has 102 valence electrons. The monoisotopic (exact) mass is 260 g/mol. The van der Waals surface area contributed by atoms with Gasteiger partial charge in [0.2, 0.25) is 0 Å². The maximum atomic E-state index is 8.88. The first-order valence-corrected chi connectivity index (χ1v) is 6.44. The number of likely N-dealkylation sites (tertiary alicyclic amines) is 1. The van der Waals surface area contributed by atoms with Crippen LogP contribution in [-0.4, -0.2) is 56.3 Å². The quantitative estimate of drug-likeness (QED) is 0.811. The molecule has 1 aliphatic heterocycles. The Morgan fingerprint density at radius 3 is 3.05 bits per heavy atom. The fraction of sp³-hybridized carbons (Fsp3) is 0.571. The summed E-state index contributed by atoms with van der Waals surface area (Å²) < 4.78 is 5.42. The van der Waals surface area contributed by atoms with Crippen LogP contribution >= 0.6 is 0 Å². The Labute approximate surface area is 114 Å². The highest BCUT2D eigenvalue weighted by Gasteiger charge is 2.30. The lowest BCUT2D eigenvalue weighted by atomic mass is 10.2. The van der Waals surface area contributed by atoms with Crippen molar-refractivity contribution >= 4 is 5.69 Å². The van der Waals surface area contributed by atoms with Crippen LogP contribution in [0.25, 0.3) is 0 Å². The Balaban J connectivity index is 2.01. The predicted molar refractivity (Wildman–Crippen MR) is 74.1 cm³/mol. The van der Waals surface area contributed by atoms with Crippen LogP contribution in [0.4, 0.5) is 5.69 Å². The van der Waals surface area contributed by atoms with Crippen molar-refractivity contribution in [1.82, 2.24) is 9.88 Å². The van der Waals surface area contributed by atoms with Gasteiger partial charge in [-0.2, -0.15) is 5.26 Å². The molecule has 0 bridgehead atoms. The Morgan fingerprint density at radius 1 is 1.63 bits per heavy atom. The summed E-state index contributed by atoms with van der Waals surface area (Å²) in [6.45, 7) is 1.90. The number of nitriles is 1. The molecule has 1 aromatic heterocycles. The fourth-order valence-corrected chi connectivity index (χ4v) is 2.55. The minimum absolute atomic E-state index is 0.329. The molecule has 0 saturated carbocycles. The number of hydrogen-bond acceptors (Lipinski definition) is 5. The largest absolute Gasteiger partial charge is 0.380 e. The summed E-state index contributed by atoms with van der Waals surface area (Å²) in [6.07, 6.45) is 3.06. The van der Waals surface area contributed by atoms with Gasteiger partial charge >= 0.3 is 0 Å². The van der Waals surface area contributed by atoms with Crippen LogP contribution in [0.2, 0.25) is 0 Å². The first-order valence-electron chi connectivity index (χ1n) is 6.44. The Bertz CT molecular complexity index is 471. The highest BCUT2D eigenvalue weighted by Crippen LogP contribution is 2.21. The molecule has 2 atom stereocenters. The number of pyridine rings is 1. The minimum atomic E-state index is 0.329. The molecule has 5 nitrogen and oxygen atoms in total. The number of likely N-dealkylation sites (N-methyl/N-ethyl adjacent to an activating group) is 2. The molecule has 0 unspecified atom stereocenters. The smallest absolute Gasteiger partial charge is 0.142 e. The van der Waals surface area contributed by atoms with Crippen LogP contribution in [0.15, 0.2) is 18.3 Å². The van der Waals surface area contributed by atoms with Crippen molar-refractivity contribution in [2.75, 3.05) is 39.2 Å². The zero-order chi connectivity index (χ0) is 13.8. The van der Waals surface area contributed by atoms with Gasteiger partial charge in [-0.3, -0.25) is 4.90 Å². The van der Waals surface area contributed by atoms with Crippen LogP contribution < -0.4 is 4.90 Å². The minimum Gasteiger partial charge on any atom is -0.380 e. The molecule has 0 N–H and O–H groups in total. The van der Waals surface area contributed by atoms with Gasteiger partial charge in [-0.25, -0.2) is 4.98 Å². The van der Waals surface area contributed by atoms with E-state index in [4.69, 9.17) is 10.00 Å². The fourth-order valence-electron chi connectivity index (χ4n) is 2.55. The second-order valence-electron chi connectivity index (χ2n) is 5.08. The second-order valence-corrected chi connectivity index (χ2v) is 5.08. The van der Waals surface area contributed by atoms with E-state index in [1.54, 1.807) is 13.3 Å². The molecule has 0 amide bonds. The van der Waals surface area contributed by atoms with Gasteiger partial charge in [0.15, 0.2) is 0 Å². The van der Waals surface area contributed by atoms with E-state index in [-0.39, 0.29) is 0 Å². The van der Waals surface area contributed by atoms with Gasteiger partial charge in [0, 0.05) is 45.2 Å². The lowest BCUT2D eigenvalue weighted by molar-refractivity contribution is 0.111. The molecule has 19 heavy (non-hydrogen) atoms. The first kappa shape index (κ1) is 13.8. The summed E-state index contributed by atoms with van der Waals surface area (Å²) in [4.78, 5) is 8.49. The van der Waals surface area contributed by atoms with Crippen molar-refractivity contribution in [3.05, 3.63) is 24.0 Å². The van der Waals surface area contributed by atoms with Crippen molar-refractivity contribution in [2.45, 2.75) is 18.6 Å². The Kier molecular flexibility index (Phi) is 4.35. The van der Waals surface area contributed by atoms with Crippen LogP contribution in [0.1, 0.15) is 12.1 Å². The van der Waals surface area contributed by atoms with Crippen molar-refractivity contribution in [3.8, 4) is 6.07 Å². The van der Waals surface area contributed by atoms with Gasteiger partial charge in [-0.1, -0.05) is 0 Å². The predicted octanol–water partition coefficient (Wildman–Crippen LogP) is 1.11. The average molecular weight is 260 g/mol. The zero-order valence-electron chi connectivity index (χ0n) is 11.7. The molecular formula is C14H20N4O. The van der Waals surface area contributed by atoms with Crippen molar-refractivity contribution in [3.63, 3.8) is 0 Å². The van der Waals surface area contributed by atoms with Gasteiger partial charge < -0.3 is 9.64 Å². The van der Waals surface area contributed by atoms with Crippen molar-refractivity contribution < 1.29 is 4.74 Å². The topological polar surface area (TPSA) is 52.4 Å². The van der Waals surface area contributed by atoms with Gasteiger partial charge in [0.05, 0.1) is 6.10 Å². The summed E-state index contributed by atoms with van der Waals surface area (Å²) in [7, 11) is 5.95. The normalized spacial score (nSPS) is 23.3. The van der Waals surface area contributed by atoms with E-state index < -0.39 is 0 Å². The highest BCUT2D eigenvalue weighted by molar-refractivity contribution is 5.48. The lowest BCUT2D eigenvalue weighted by Gasteiger charge is -2.27. The third-order valence-corrected chi connectivity index (χ3v) is 3.77. The summed E-state index contributed by atoms with van der Waals surface area (Å²) in [6, 6.07) is 6.31. The number of hydrogen-bond donors (Lipinski definition) is 0. The number of ether oxygens (including phenoxy) is 1. The summed E-state index contributed by atoms with van der Waals surface area (Å²) in [5.74, 6) is 0. The van der Waals surface area contributed by atoms with Gasteiger partial charge in [-0.15, -0.1) is 0 Å². The lowest BCUT2D eigenvalue weighted by Crippen LogP contribution is -2.36. The molecule has 0 spiro atoms. The third-order valence-electron chi connectivity index (χ3n) is 3.77. The first-order chi connectivity index (χ1) is 9.13. The van der Waals surface area contributed by atoms with E-state index in [2.05, 4.69) is 27.9 Å². The molecule has 1 fully saturated rings. The number of nitrogens with zero attached hydrogens (tertiary/aromatic N) is 4. The summed E-state index contributed by atoms with van der Waals surface area (Å²) >= 11 is 0. The summed E-state index contributed by atoms with van der Waals surface area (Å²) in [5.41, 5.74) is 1.49. The van der Waals surface area contributed by atoms with Gasteiger partial charge in [0.1, 0.15) is 11.8 Å². The van der Waals surface area contributed by atoms with Crippen LogP contribution in [0.5, 0.6) is 0 Å². The maximum absolute atomic E-state index is 8.88. The molecule has 2 heterocycles. The van der Waals surface area contributed by atoms with E-state index in [0.717, 1.165) is 25.2 Å². The number of aromatic nitrogens is 1. The van der Waals surface area contributed by atoms with Crippen LogP contribution in [0.3, 0.4) is 0 Å². The van der Waals surface area contributed by atoms with E-state index in [1.807, 2.05) is 19.2 Å². The SMILES string of the molecule is CO[C@H]1C[C@@H](CN(C)c2ccnc(C#N)c2)N(C)C1. The molecule has 0 aromatic carbocycles. The van der Waals surface area contributed by atoms with Gasteiger partial charge in [-0.05, 0) is 25.6 Å².